The van der Waals surface area contributed by atoms with Gasteiger partial charge in [-0.05, 0) is 42.0 Å². The minimum Gasteiger partial charge on any atom is -0.353 e. The highest BCUT2D eigenvalue weighted by molar-refractivity contribution is 7.98. The van der Waals surface area contributed by atoms with Crippen LogP contribution in [0.4, 0.5) is 5.82 Å². The SMILES string of the molecule is O=C(c1ccc(SCc2ccccc2)cc1)N1CCN(c2ccccn2)CC1. The molecular weight excluding hydrogens is 366 g/mol. The zero-order valence-electron chi connectivity index (χ0n) is 15.7. The molecule has 0 saturated carbocycles. The third-order valence-electron chi connectivity index (χ3n) is 4.89. The molecule has 142 valence electrons. The van der Waals surface area contributed by atoms with Crippen LogP contribution in [0.15, 0.2) is 83.9 Å². The summed E-state index contributed by atoms with van der Waals surface area (Å²) in [6, 6.07) is 24.3. The van der Waals surface area contributed by atoms with Crippen molar-refractivity contribution in [2.45, 2.75) is 10.6 Å². The number of hydrogen-bond acceptors (Lipinski definition) is 4. The normalized spacial score (nSPS) is 14.1. The average molecular weight is 390 g/mol. The van der Waals surface area contributed by atoms with Crippen LogP contribution < -0.4 is 4.90 Å². The average Bonchev–Trinajstić information content (AvgIpc) is 2.79. The van der Waals surface area contributed by atoms with Gasteiger partial charge in [0.15, 0.2) is 0 Å². The maximum Gasteiger partial charge on any atom is 0.253 e. The molecule has 0 atom stereocenters. The minimum atomic E-state index is 0.111. The molecule has 0 radical (unpaired) electrons. The molecule has 0 N–H and O–H groups in total. The van der Waals surface area contributed by atoms with Crippen LogP contribution in [0, 0.1) is 0 Å². The maximum atomic E-state index is 12.8. The molecule has 2 aromatic carbocycles. The number of piperazine rings is 1. The summed E-state index contributed by atoms with van der Waals surface area (Å²) < 4.78 is 0. The van der Waals surface area contributed by atoms with E-state index in [4.69, 9.17) is 0 Å². The van der Waals surface area contributed by atoms with Crippen molar-refractivity contribution >= 4 is 23.5 Å². The highest BCUT2D eigenvalue weighted by Crippen LogP contribution is 2.23. The van der Waals surface area contributed by atoms with Gasteiger partial charge in [-0.1, -0.05) is 36.4 Å². The fraction of sp³-hybridized carbons (Fsp3) is 0.217. The van der Waals surface area contributed by atoms with Crippen molar-refractivity contribution in [1.82, 2.24) is 9.88 Å². The summed E-state index contributed by atoms with van der Waals surface area (Å²) in [6.07, 6.45) is 1.81. The number of amides is 1. The molecule has 0 aliphatic carbocycles. The van der Waals surface area contributed by atoms with E-state index >= 15 is 0 Å². The molecular formula is C23H23N3OS. The summed E-state index contributed by atoms with van der Waals surface area (Å²) in [5, 5.41) is 0. The Kier molecular flexibility index (Phi) is 5.92. The zero-order chi connectivity index (χ0) is 19.2. The van der Waals surface area contributed by atoms with Crippen LogP contribution in [-0.2, 0) is 5.75 Å². The van der Waals surface area contributed by atoms with E-state index in [1.54, 1.807) is 11.8 Å². The molecule has 1 aromatic heterocycles. The molecule has 4 rings (SSSR count). The topological polar surface area (TPSA) is 36.4 Å². The Morgan fingerprint density at radius 2 is 1.57 bits per heavy atom. The van der Waals surface area contributed by atoms with Crippen LogP contribution >= 0.6 is 11.8 Å². The number of carbonyl (C=O) groups is 1. The van der Waals surface area contributed by atoms with Crippen molar-refractivity contribution in [2.75, 3.05) is 31.1 Å². The predicted octanol–water partition coefficient (Wildman–Crippen LogP) is 4.34. The van der Waals surface area contributed by atoms with E-state index in [9.17, 15) is 4.79 Å². The number of thioether (sulfide) groups is 1. The molecule has 5 heteroatoms. The Balaban J connectivity index is 1.31. The zero-order valence-corrected chi connectivity index (χ0v) is 16.5. The molecule has 0 bridgehead atoms. The van der Waals surface area contributed by atoms with Gasteiger partial charge in [0.25, 0.3) is 5.91 Å². The third-order valence-corrected chi connectivity index (χ3v) is 5.97. The van der Waals surface area contributed by atoms with Crippen molar-refractivity contribution in [1.29, 1.82) is 0 Å². The van der Waals surface area contributed by atoms with E-state index in [0.29, 0.717) is 0 Å². The summed E-state index contributed by atoms with van der Waals surface area (Å²) in [7, 11) is 0. The molecule has 1 fully saturated rings. The van der Waals surface area contributed by atoms with Crippen LogP contribution in [0.3, 0.4) is 0 Å². The predicted molar refractivity (Wildman–Crippen MR) is 115 cm³/mol. The van der Waals surface area contributed by atoms with Crippen molar-refractivity contribution in [3.05, 3.63) is 90.1 Å². The van der Waals surface area contributed by atoms with Gasteiger partial charge >= 0.3 is 0 Å². The van der Waals surface area contributed by atoms with Gasteiger partial charge in [-0.15, -0.1) is 11.8 Å². The van der Waals surface area contributed by atoms with E-state index in [0.717, 1.165) is 43.3 Å². The summed E-state index contributed by atoms with van der Waals surface area (Å²) in [5.74, 6) is 2.03. The quantitative estimate of drug-likeness (QED) is 0.609. The van der Waals surface area contributed by atoms with Crippen molar-refractivity contribution in [3.63, 3.8) is 0 Å². The Morgan fingerprint density at radius 1 is 0.857 bits per heavy atom. The first kappa shape index (κ1) is 18.6. The van der Waals surface area contributed by atoms with Gasteiger partial charge in [0.1, 0.15) is 5.82 Å². The van der Waals surface area contributed by atoms with Gasteiger partial charge < -0.3 is 9.80 Å². The summed E-state index contributed by atoms with van der Waals surface area (Å²) in [4.78, 5) is 22.6. The lowest BCUT2D eigenvalue weighted by molar-refractivity contribution is 0.0746. The van der Waals surface area contributed by atoms with Crippen molar-refractivity contribution in [2.24, 2.45) is 0 Å². The van der Waals surface area contributed by atoms with Crippen LogP contribution in [0.5, 0.6) is 0 Å². The molecule has 0 unspecified atom stereocenters. The summed E-state index contributed by atoms with van der Waals surface area (Å²) >= 11 is 1.79. The molecule has 4 nitrogen and oxygen atoms in total. The number of pyridine rings is 1. The number of carbonyl (C=O) groups excluding carboxylic acids is 1. The van der Waals surface area contributed by atoms with Crippen LogP contribution in [0.2, 0.25) is 0 Å². The van der Waals surface area contributed by atoms with E-state index in [1.165, 1.54) is 10.5 Å². The largest absolute Gasteiger partial charge is 0.353 e. The third kappa shape index (κ3) is 4.54. The lowest BCUT2D eigenvalue weighted by Crippen LogP contribution is -2.49. The molecule has 2 heterocycles. The highest BCUT2D eigenvalue weighted by atomic mass is 32.2. The molecule has 1 aliphatic heterocycles. The lowest BCUT2D eigenvalue weighted by atomic mass is 10.2. The van der Waals surface area contributed by atoms with Gasteiger partial charge in [-0.2, -0.15) is 0 Å². The summed E-state index contributed by atoms with van der Waals surface area (Å²) in [5.41, 5.74) is 2.06. The number of hydrogen-bond donors (Lipinski definition) is 0. The first-order chi connectivity index (χ1) is 13.8. The number of anilines is 1. The second-order valence-electron chi connectivity index (χ2n) is 6.77. The van der Waals surface area contributed by atoms with Crippen molar-refractivity contribution in [3.8, 4) is 0 Å². The van der Waals surface area contributed by atoms with E-state index < -0.39 is 0 Å². The second kappa shape index (κ2) is 8.93. The monoisotopic (exact) mass is 389 g/mol. The van der Waals surface area contributed by atoms with Gasteiger partial charge in [0.2, 0.25) is 0 Å². The molecule has 1 saturated heterocycles. The molecule has 3 aromatic rings. The molecule has 0 spiro atoms. The number of aromatic nitrogens is 1. The van der Waals surface area contributed by atoms with Gasteiger partial charge in [-0.25, -0.2) is 4.98 Å². The van der Waals surface area contributed by atoms with Crippen LogP contribution in [-0.4, -0.2) is 42.0 Å². The summed E-state index contributed by atoms with van der Waals surface area (Å²) in [6.45, 7) is 3.07. The van der Waals surface area contributed by atoms with Gasteiger partial charge in [-0.3, -0.25) is 4.79 Å². The number of benzene rings is 2. The minimum absolute atomic E-state index is 0.111. The van der Waals surface area contributed by atoms with E-state index in [-0.39, 0.29) is 5.91 Å². The Morgan fingerprint density at radius 3 is 2.25 bits per heavy atom. The molecule has 28 heavy (non-hydrogen) atoms. The fourth-order valence-corrected chi connectivity index (χ4v) is 4.15. The van der Waals surface area contributed by atoms with Gasteiger partial charge in [0, 0.05) is 48.6 Å². The maximum absolute atomic E-state index is 12.8. The fourth-order valence-electron chi connectivity index (χ4n) is 3.30. The molecule has 1 aliphatic rings. The number of nitrogens with zero attached hydrogens (tertiary/aromatic N) is 3. The molecule has 1 amide bonds. The highest BCUT2D eigenvalue weighted by Gasteiger charge is 2.22. The standard InChI is InChI=1S/C23H23N3OS/c27-23(26-16-14-25(15-17-26)22-8-4-5-13-24-22)20-9-11-21(12-10-20)28-18-19-6-2-1-3-7-19/h1-13H,14-18H2. The van der Waals surface area contributed by atoms with Crippen molar-refractivity contribution < 1.29 is 4.79 Å². The van der Waals surface area contributed by atoms with E-state index in [1.807, 2.05) is 59.6 Å². The lowest BCUT2D eigenvalue weighted by Gasteiger charge is -2.35. The van der Waals surface area contributed by atoms with Crippen LogP contribution in [0.25, 0.3) is 0 Å². The van der Waals surface area contributed by atoms with E-state index in [2.05, 4.69) is 34.1 Å². The first-order valence-electron chi connectivity index (χ1n) is 9.52. The van der Waals surface area contributed by atoms with Crippen LogP contribution in [0.1, 0.15) is 15.9 Å². The second-order valence-corrected chi connectivity index (χ2v) is 7.81. The Bertz CT molecular complexity index is 892. The number of rotatable bonds is 5. The van der Waals surface area contributed by atoms with Gasteiger partial charge in [0.05, 0.1) is 0 Å². The smallest absolute Gasteiger partial charge is 0.253 e. The Labute approximate surface area is 170 Å². The first-order valence-corrected chi connectivity index (χ1v) is 10.5. The Hall–Kier alpha value is -2.79.